The van der Waals surface area contributed by atoms with Crippen molar-refractivity contribution in [3.8, 4) is 11.1 Å². The molecule has 3 aromatic carbocycles. The molecule has 2 aliphatic carbocycles. The van der Waals surface area contributed by atoms with E-state index in [1.54, 1.807) is 27.4 Å². The van der Waals surface area contributed by atoms with E-state index in [0.29, 0.717) is 0 Å². The zero-order valence-corrected chi connectivity index (χ0v) is 21.0. The Bertz CT molecular complexity index is 773. The summed E-state index contributed by atoms with van der Waals surface area (Å²) in [4.78, 5) is 0. The molecule has 1 saturated carbocycles. The van der Waals surface area contributed by atoms with Crippen molar-refractivity contribution in [1.29, 1.82) is 0 Å². The molecular weight excluding hydrogens is 574 g/mol. The van der Waals surface area contributed by atoms with Gasteiger partial charge in [0.05, 0.1) is 0 Å². The zero-order valence-electron chi connectivity index (χ0n) is 13.9. The molecule has 0 atom stereocenters. The van der Waals surface area contributed by atoms with Gasteiger partial charge in [0.1, 0.15) is 0 Å². The maximum Gasteiger partial charge on any atom is -0.172 e. The Labute approximate surface area is 199 Å². The number of hydrogen-bond acceptors (Lipinski definition) is 0. The van der Waals surface area contributed by atoms with Gasteiger partial charge in [0.2, 0.25) is 0 Å². The van der Waals surface area contributed by atoms with E-state index in [1.807, 2.05) is 36.4 Å². The third-order valence-corrected chi connectivity index (χ3v) is 5.96. The van der Waals surface area contributed by atoms with Crippen LogP contribution in [-0.4, -0.2) is 3.21 Å². The van der Waals surface area contributed by atoms with Crippen LogP contribution in [0.5, 0.6) is 0 Å². The Morgan fingerprint density at radius 3 is 2.08 bits per heavy atom. The van der Waals surface area contributed by atoms with E-state index in [4.69, 9.17) is 0 Å². The Kier molecular flexibility index (Phi) is 11.0. The molecule has 3 aromatic rings. The Balaban J connectivity index is 0.000000255. The Hall–Kier alpha value is 0.0831. The fourth-order valence-electron chi connectivity index (χ4n) is 2.41. The summed E-state index contributed by atoms with van der Waals surface area (Å²) in [7, 11) is 0. The first-order valence-corrected chi connectivity index (χ1v) is 10.7. The van der Waals surface area contributed by atoms with Crippen molar-refractivity contribution in [3.63, 3.8) is 0 Å². The molecule has 0 aromatic heterocycles. The van der Waals surface area contributed by atoms with Crippen LogP contribution in [0.15, 0.2) is 69.6 Å². The first-order chi connectivity index (χ1) is 11.6. The molecule has 0 bridgehead atoms. The minimum absolute atomic E-state index is 0. The summed E-state index contributed by atoms with van der Waals surface area (Å²) < 4.78 is 3.98. The Morgan fingerprint density at radius 2 is 1.54 bits per heavy atom. The summed E-state index contributed by atoms with van der Waals surface area (Å²) in [6.45, 7) is 0. The number of hydrogen-bond donors (Lipinski definition) is 0. The van der Waals surface area contributed by atoms with Crippen molar-refractivity contribution in [2.45, 2.75) is 19.3 Å². The fraction of sp³-hybridized carbons (Fsp3) is 0.143. The van der Waals surface area contributed by atoms with Gasteiger partial charge in [0.15, 0.2) is 0 Å². The van der Waals surface area contributed by atoms with E-state index in [2.05, 4.69) is 62.2 Å². The van der Waals surface area contributed by atoms with E-state index in [1.165, 1.54) is 35.1 Å². The van der Waals surface area contributed by atoms with Gasteiger partial charge in [-0.25, -0.2) is 12.1 Å². The van der Waals surface area contributed by atoms with Gasteiger partial charge in [-0.05, 0) is 18.1 Å². The van der Waals surface area contributed by atoms with E-state index in [9.17, 15) is 0 Å². The molecule has 2 aliphatic rings. The predicted molar refractivity (Wildman–Crippen MR) is 105 cm³/mol. The first kappa shape index (κ1) is 24.1. The van der Waals surface area contributed by atoms with Crippen LogP contribution < -0.4 is 24.8 Å². The van der Waals surface area contributed by atoms with E-state index in [-0.39, 0.29) is 24.8 Å². The van der Waals surface area contributed by atoms with Gasteiger partial charge in [-0.15, -0.1) is 21.5 Å². The molecule has 134 valence electrons. The quantitative estimate of drug-likeness (QED) is 0.262. The first-order valence-electron chi connectivity index (χ1n) is 7.85. The molecule has 0 spiro atoms. The van der Waals surface area contributed by atoms with Gasteiger partial charge in [0.25, 0.3) is 0 Å². The van der Waals surface area contributed by atoms with Gasteiger partial charge in [-0.2, -0.15) is 42.0 Å². The summed E-state index contributed by atoms with van der Waals surface area (Å²) in [6, 6.07) is 23.9. The van der Waals surface area contributed by atoms with Crippen molar-refractivity contribution in [2.24, 2.45) is 0 Å². The standard InChI is InChI=1S/C13H7Br2.C5H5.C3H4.2ClH.Zr/c14-10-3-1-8-5-9-2-4-11(15)7-13(9)12(8)6-10;1-2-4-5-3-1;1-2-3-1;;;/h1,3-4,6-7H,5H2;1-5H;1-2H2;2*1H;/q2*-1;;;;+2/p-2. The number of rotatable bonds is 0. The molecule has 5 heteroatoms. The van der Waals surface area contributed by atoms with Gasteiger partial charge in [0, 0.05) is 4.47 Å². The van der Waals surface area contributed by atoms with E-state index < -0.39 is 0 Å². The molecule has 0 aliphatic heterocycles. The summed E-state index contributed by atoms with van der Waals surface area (Å²) in [5.41, 5.74) is 5.33. The minimum Gasteiger partial charge on any atom is -0.214 e. The molecule has 0 amide bonds. The summed E-state index contributed by atoms with van der Waals surface area (Å²) in [5.74, 6) is 0. The largest absolute Gasteiger partial charge is 0.214 e. The monoisotopic (exact) mass is 586 g/mol. The number of benzene rings is 2. The van der Waals surface area contributed by atoms with Crippen LogP contribution in [-0.2, 0) is 30.7 Å². The number of halogens is 4. The molecule has 0 heterocycles. The maximum absolute atomic E-state index is 3.51. The summed E-state index contributed by atoms with van der Waals surface area (Å²) in [5, 5.41) is 0. The van der Waals surface area contributed by atoms with Crippen LogP contribution in [0.1, 0.15) is 24.0 Å². The molecular formula is C21H16Br2Cl2Zr-2. The van der Waals surface area contributed by atoms with Crippen LogP contribution >= 0.6 is 31.9 Å². The molecule has 0 unspecified atom stereocenters. The molecule has 0 saturated heterocycles. The second kappa shape index (κ2) is 11.8. The summed E-state index contributed by atoms with van der Waals surface area (Å²) >= 11 is 8.67. The average molecular weight is 590 g/mol. The topological polar surface area (TPSA) is 0 Å². The second-order valence-electron chi connectivity index (χ2n) is 5.75. The van der Waals surface area contributed by atoms with Gasteiger partial charge in [-0.1, -0.05) is 38.1 Å². The fourth-order valence-corrected chi connectivity index (χ4v) is 3.43. The zero-order chi connectivity index (χ0) is 16.9. The number of fused-ring (bicyclic) bond motifs is 3. The normalized spacial score (nSPS) is 12.1. The van der Waals surface area contributed by atoms with Crippen LogP contribution in [0, 0.1) is 6.07 Å². The molecule has 1 fully saturated rings. The van der Waals surface area contributed by atoms with Crippen LogP contribution in [0.25, 0.3) is 11.1 Å². The third-order valence-electron chi connectivity index (χ3n) is 3.78. The van der Waals surface area contributed by atoms with Crippen molar-refractivity contribution in [1.82, 2.24) is 0 Å². The van der Waals surface area contributed by atoms with Crippen molar-refractivity contribution in [2.75, 3.05) is 0 Å². The van der Waals surface area contributed by atoms with Crippen LogP contribution in [0.2, 0.25) is 0 Å². The van der Waals surface area contributed by atoms with Gasteiger partial charge in [-0.3, -0.25) is 0 Å². The molecule has 0 N–H and O–H groups in total. The predicted octanol–water partition coefficient (Wildman–Crippen LogP) is 0.496. The van der Waals surface area contributed by atoms with E-state index in [0.717, 1.165) is 15.4 Å². The molecule has 0 radical (unpaired) electrons. The van der Waals surface area contributed by atoms with Gasteiger partial charge >= 0.3 is 40.3 Å². The SMILES string of the molecule is Brc1c[c-]c2c(c1)-c1cc(Br)ccc1C2.[Cl-].[Cl-].[Zr+2]=[C]1CC1.c1cc[cH-]c1. The summed E-state index contributed by atoms with van der Waals surface area (Å²) in [6.07, 6.45) is 3.89. The average Bonchev–Trinajstić information content (AvgIpc) is 3.07. The molecule has 26 heavy (non-hydrogen) atoms. The molecule has 5 rings (SSSR count). The maximum atomic E-state index is 3.51. The minimum atomic E-state index is 0. The van der Waals surface area contributed by atoms with Crippen LogP contribution in [0.3, 0.4) is 0 Å². The Morgan fingerprint density at radius 1 is 0.923 bits per heavy atom. The van der Waals surface area contributed by atoms with Gasteiger partial charge < -0.3 is 24.8 Å². The third kappa shape index (κ3) is 7.25. The second-order valence-corrected chi connectivity index (χ2v) is 9.32. The van der Waals surface area contributed by atoms with E-state index >= 15 is 0 Å². The van der Waals surface area contributed by atoms with Crippen molar-refractivity contribution < 1.29 is 49.0 Å². The smallest absolute Gasteiger partial charge is 0.172 e. The van der Waals surface area contributed by atoms with Crippen molar-refractivity contribution >= 4 is 35.1 Å². The molecule has 0 nitrogen and oxygen atoms in total. The van der Waals surface area contributed by atoms with Crippen LogP contribution in [0.4, 0.5) is 0 Å². The van der Waals surface area contributed by atoms with Crippen molar-refractivity contribution in [3.05, 3.63) is 86.8 Å².